The number of thiophene rings is 1. The van der Waals surface area contributed by atoms with Crippen molar-refractivity contribution in [1.29, 1.82) is 0 Å². The van der Waals surface area contributed by atoms with Gasteiger partial charge in [0.1, 0.15) is 0 Å². The highest BCUT2D eigenvalue weighted by Crippen LogP contribution is 2.34. The molecule has 118 valence electrons. The van der Waals surface area contributed by atoms with Crippen molar-refractivity contribution in [3.8, 4) is 0 Å². The van der Waals surface area contributed by atoms with Gasteiger partial charge >= 0.3 is 0 Å². The maximum absolute atomic E-state index is 4.31. The number of fused-ring (bicyclic) bond motifs is 1. The molecule has 0 aromatic carbocycles. The lowest BCUT2D eigenvalue weighted by Gasteiger charge is -2.37. The Morgan fingerprint density at radius 3 is 3.14 bits per heavy atom. The van der Waals surface area contributed by atoms with Gasteiger partial charge in [0, 0.05) is 43.3 Å². The van der Waals surface area contributed by atoms with Crippen molar-refractivity contribution in [3.05, 3.63) is 34.3 Å². The zero-order valence-corrected chi connectivity index (χ0v) is 14.0. The van der Waals surface area contributed by atoms with Crippen LogP contribution in [0.3, 0.4) is 0 Å². The average Bonchev–Trinajstić information content (AvgIpc) is 3.17. The van der Waals surface area contributed by atoms with E-state index in [1.807, 2.05) is 29.3 Å². The number of aryl methyl sites for hydroxylation is 2. The second kappa shape index (κ2) is 6.05. The first-order chi connectivity index (χ1) is 10.8. The lowest BCUT2D eigenvalue weighted by molar-refractivity contribution is 0.354. The van der Waals surface area contributed by atoms with Gasteiger partial charge < -0.3 is 10.2 Å². The summed E-state index contributed by atoms with van der Waals surface area (Å²) in [5, 5.41) is 10.5. The highest BCUT2D eigenvalue weighted by Gasteiger charge is 2.27. The van der Waals surface area contributed by atoms with Gasteiger partial charge in [-0.1, -0.05) is 0 Å². The molecule has 2 atom stereocenters. The SMILES string of the molecule is Cn1cc(N2CCC[C@H](N[C@@H]3CCCc4sccc43)C2)cn1. The van der Waals surface area contributed by atoms with Crippen LogP contribution >= 0.6 is 11.3 Å². The van der Waals surface area contributed by atoms with Crippen molar-refractivity contribution in [2.75, 3.05) is 18.0 Å². The lowest BCUT2D eigenvalue weighted by atomic mass is 9.92. The smallest absolute Gasteiger partial charge is 0.0752 e. The second-order valence-electron chi connectivity index (χ2n) is 6.57. The maximum atomic E-state index is 4.31. The molecule has 0 amide bonds. The first-order valence-corrected chi connectivity index (χ1v) is 9.23. The van der Waals surface area contributed by atoms with Gasteiger partial charge in [0.2, 0.25) is 0 Å². The highest BCUT2D eigenvalue weighted by atomic mass is 32.1. The van der Waals surface area contributed by atoms with Crippen LogP contribution in [0.1, 0.15) is 42.2 Å². The zero-order valence-electron chi connectivity index (χ0n) is 13.2. The highest BCUT2D eigenvalue weighted by molar-refractivity contribution is 7.10. The average molecular weight is 316 g/mol. The number of aromatic nitrogens is 2. The van der Waals surface area contributed by atoms with Crippen molar-refractivity contribution >= 4 is 17.0 Å². The van der Waals surface area contributed by atoms with E-state index >= 15 is 0 Å². The fourth-order valence-electron chi connectivity index (χ4n) is 3.86. The molecule has 1 N–H and O–H groups in total. The molecule has 0 bridgehead atoms. The van der Waals surface area contributed by atoms with E-state index < -0.39 is 0 Å². The molecule has 2 aliphatic rings. The minimum Gasteiger partial charge on any atom is -0.367 e. The van der Waals surface area contributed by atoms with Crippen molar-refractivity contribution in [1.82, 2.24) is 15.1 Å². The summed E-state index contributed by atoms with van der Waals surface area (Å²) in [6, 6.07) is 3.48. The van der Waals surface area contributed by atoms with Gasteiger partial charge in [0.25, 0.3) is 0 Å². The maximum Gasteiger partial charge on any atom is 0.0752 e. The van der Waals surface area contributed by atoms with E-state index in [1.54, 1.807) is 10.4 Å². The van der Waals surface area contributed by atoms with Crippen LogP contribution in [0.5, 0.6) is 0 Å². The normalized spacial score (nSPS) is 25.2. The fraction of sp³-hybridized carbons (Fsp3) is 0.588. The molecule has 3 heterocycles. The third-order valence-corrected chi connectivity index (χ3v) is 5.96. The van der Waals surface area contributed by atoms with Gasteiger partial charge in [-0.25, -0.2) is 0 Å². The molecular formula is C17H24N4S. The van der Waals surface area contributed by atoms with Gasteiger partial charge in [-0.2, -0.15) is 5.10 Å². The molecule has 2 aromatic rings. The predicted molar refractivity (Wildman–Crippen MR) is 91.6 cm³/mol. The number of hydrogen-bond acceptors (Lipinski definition) is 4. The van der Waals surface area contributed by atoms with E-state index in [9.17, 15) is 0 Å². The minimum atomic E-state index is 0.564. The first kappa shape index (κ1) is 14.3. The standard InChI is InChI=1S/C17H24N4S/c1-20-12-14(10-18-20)21-8-3-4-13(11-21)19-16-5-2-6-17-15(16)7-9-22-17/h7,9-10,12-13,16,19H,2-6,8,11H2,1H3/t13-,16+/m0/s1. The van der Waals surface area contributed by atoms with Gasteiger partial charge in [0.15, 0.2) is 0 Å². The van der Waals surface area contributed by atoms with Gasteiger partial charge in [-0.3, -0.25) is 4.68 Å². The Balaban J connectivity index is 1.43. The number of piperidine rings is 1. The molecule has 1 aliphatic carbocycles. The molecular weight excluding hydrogens is 292 g/mol. The third kappa shape index (κ3) is 2.79. The number of nitrogens with zero attached hydrogens (tertiary/aromatic N) is 3. The quantitative estimate of drug-likeness (QED) is 0.944. The van der Waals surface area contributed by atoms with Crippen LogP contribution in [-0.4, -0.2) is 28.9 Å². The van der Waals surface area contributed by atoms with E-state index in [0.29, 0.717) is 12.1 Å². The van der Waals surface area contributed by atoms with Crippen LogP contribution < -0.4 is 10.2 Å². The topological polar surface area (TPSA) is 33.1 Å². The summed E-state index contributed by atoms with van der Waals surface area (Å²) in [4.78, 5) is 4.08. The van der Waals surface area contributed by atoms with E-state index in [4.69, 9.17) is 0 Å². The summed E-state index contributed by atoms with van der Waals surface area (Å²) in [6.07, 6.45) is 10.5. The van der Waals surface area contributed by atoms with Crippen molar-refractivity contribution < 1.29 is 0 Å². The molecule has 1 saturated heterocycles. The molecule has 5 heteroatoms. The lowest BCUT2D eigenvalue weighted by Crippen LogP contribution is -2.47. The summed E-state index contributed by atoms with van der Waals surface area (Å²) < 4.78 is 1.89. The third-order valence-electron chi connectivity index (χ3n) is 4.97. The van der Waals surface area contributed by atoms with E-state index in [0.717, 1.165) is 13.1 Å². The number of hydrogen-bond donors (Lipinski definition) is 1. The van der Waals surface area contributed by atoms with Crippen molar-refractivity contribution in [2.45, 2.75) is 44.2 Å². The molecule has 0 unspecified atom stereocenters. The van der Waals surface area contributed by atoms with Gasteiger partial charge in [0.05, 0.1) is 11.9 Å². The van der Waals surface area contributed by atoms with Crippen LogP contribution in [-0.2, 0) is 13.5 Å². The number of rotatable bonds is 3. The summed E-state index contributed by atoms with van der Waals surface area (Å²) >= 11 is 1.93. The Morgan fingerprint density at radius 1 is 1.32 bits per heavy atom. The van der Waals surface area contributed by atoms with Gasteiger partial charge in [-0.15, -0.1) is 11.3 Å². The molecule has 4 nitrogen and oxygen atoms in total. The Bertz CT molecular complexity index is 632. The molecule has 1 fully saturated rings. The Kier molecular flexibility index (Phi) is 3.92. The molecule has 4 rings (SSSR count). The molecule has 0 radical (unpaired) electrons. The Morgan fingerprint density at radius 2 is 2.27 bits per heavy atom. The zero-order chi connectivity index (χ0) is 14.9. The van der Waals surface area contributed by atoms with Crippen LogP contribution in [0.4, 0.5) is 5.69 Å². The van der Waals surface area contributed by atoms with Gasteiger partial charge in [-0.05, 0) is 49.1 Å². The largest absolute Gasteiger partial charge is 0.367 e. The summed E-state index contributed by atoms with van der Waals surface area (Å²) in [7, 11) is 1.99. The fourth-order valence-corrected chi connectivity index (χ4v) is 4.85. The van der Waals surface area contributed by atoms with E-state index in [-0.39, 0.29) is 0 Å². The van der Waals surface area contributed by atoms with E-state index in [2.05, 4.69) is 33.0 Å². The minimum absolute atomic E-state index is 0.564. The molecule has 2 aromatic heterocycles. The number of anilines is 1. The summed E-state index contributed by atoms with van der Waals surface area (Å²) in [5.74, 6) is 0. The predicted octanol–water partition coefficient (Wildman–Crippen LogP) is 3.12. The van der Waals surface area contributed by atoms with Crippen LogP contribution in [0.2, 0.25) is 0 Å². The van der Waals surface area contributed by atoms with E-state index in [1.165, 1.54) is 37.8 Å². The molecule has 0 saturated carbocycles. The molecule has 22 heavy (non-hydrogen) atoms. The Hall–Kier alpha value is -1.33. The monoisotopic (exact) mass is 316 g/mol. The second-order valence-corrected chi connectivity index (χ2v) is 7.57. The van der Waals surface area contributed by atoms with Crippen molar-refractivity contribution in [2.24, 2.45) is 7.05 Å². The first-order valence-electron chi connectivity index (χ1n) is 8.35. The molecule has 0 spiro atoms. The van der Waals surface area contributed by atoms with Crippen LogP contribution in [0, 0.1) is 0 Å². The molecule has 1 aliphatic heterocycles. The van der Waals surface area contributed by atoms with Crippen molar-refractivity contribution in [3.63, 3.8) is 0 Å². The summed E-state index contributed by atoms with van der Waals surface area (Å²) in [5.41, 5.74) is 2.82. The summed E-state index contributed by atoms with van der Waals surface area (Å²) in [6.45, 7) is 2.25. The van der Waals surface area contributed by atoms with Crippen LogP contribution in [0.25, 0.3) is 0 Å². The number of nitrogens with one attached hydrogen (secondary N) is 1. The van der Waals surface area contributed by atoms with Crippen LogP contribution in [0.15, 0.2) is 23.8 Å². The Labute approximate surface area is 136 Å².